The number of halogens is 2. The number of rotatable bonds is 4. The van der Waals surface area contributed by atoms with Crippen LogP contribution in [0.2, 0.25) is 0 Å². The molecular formula is C13H17F2N. The highest BCUT2D eigenvalue weighted by Gasteiger charge is 2.40. The van der Waals surface area contributed by atoms with Gasteiger partial charge in [-0.2, -0.15) is 0 Å². The summed E-state index contributed by atoms with van der Waals surface area (Å²) in [6, 6.07) is 6.51. The Morgan fingerprint density at radius 3 is 2.25 bits per heavy atom. The summed E-state index contributed by atoms with van der Waals surface area (Å²) in [6.45, 7) is 1.77. The maximum absolute atomic E-state index is 13.6. The number of alkyl halides is 2. The number of benzene rings is 1. The van der Waals surface area contributed by atoms with E-state index in [0.717, 1.165) is 18.4 Å². The van der Waals surface area contributed by atoms with E-state index in [-0.39, 0.29) is 17.5 Å². The van der Waals surface area contributed by atoms with Crippen molar-refractivity contribution in [2.24, 2.45) is 5.73 Å². The van der Waals surface area contributed by atoms with Gasteiger partial charge in [0, 0.05) is 17.5 Å². The first kappa shape index (κ1) is 11.5. The molecule has 0 aliphatic heterocycles. The molecule has 0 radical (unpaired) electrons. The Morgan fingerprint density at radius 2 is 1.81 bits per heavy atom. The number of nitrogens with two attached hydrogens (primary N) is 1. The van der Waals surface area contributed by atoms with Crippen LogP contribution >= 0.6 is 0 Å². The van der Waals surface area contributed by atoms with E-state index in [0.29, 0.717) is 6.42 Å². The zero-order valence-electron chi connectivity index (χ0n) is 9.47. The highest BCUT2D eigenvalue weighted by molar-refractivity contribution is 5.33. The van der Waals surface area contributed by atoms with Crippen LogP contribution in [0.25, 0.3) is 0 Å². The summed E-state index contributed by atoms with van der Waals surface area (Å²) in [5.74, 6) is -2.71. The Balaban J connectivity index is 2.19. The van der Waals surface area contributed by atoms with E-state index in [4.69, 9.17) is 5.73 Å². The largest absolute Gasteiger partial charge is 0.321 e. The van der Waals surface area contributed by atoms with Gasteiger partial charge in [-0.3, -0.25) is 0 Å². The second-order valence-corrected chi connectivity index (χ2v) is 4.69. The van der Waals surface area contributed by atoms with Crippen molar-refractivity contribution in [2.45, 2.75) is 44.1 Å². The fourth-order valence-electron chi connectivity index (χ4n) is 1.93. The molecule has 0 saturated heterocycles. The molecule has 2 rings (SSSR count). The van der Waals surface area contributed by atoms with Crippen LogP contribution in [-0.2, 0) is 11.5 Å². The van der Waals surface area contributed by atoms with Crippen molar-refractivity contribution in [1.82, 2.24) is 0 Å². The molecule has 1 saturated carbocycles. The summed E-state index contributed by atoms with van der Waals surface area (Å²) < 4.78 is 27.1. The highest BCUT2D eigenvalue weighted by atomic mass is 19.3. The van der Waals surface area contributed by atoms with Crippen LogP contribution in [0.15, 0.2) is 24.3 Å². The summed E-state index contributed by atoms with van der Waals surface area (Å²) in [7, 11) is 0. The molecule has 0 bridgehead atoms. The van der Waals surface area contributed by atoms with Crippen molar-refractivity contribution in [3.8, 4) is 0 Å². The molecule has 0 spiro atoms. The molecule has 0 unspecified atom stereocenters. The third-order valence-corrected chi connectivity index (χ3v) is 3.23. The van der Waals surface area contributed by atoms with Gasteiger partial charge in [-0.25, -0.2) is 8.78 Å². The molecule has 16 heavy (non-hydrogen) atoms. The van der Waals surface area contributed by atoms with Crippen LogP contribution in [0.5, 0.6) is 0 Å². The summed E-state index contributed by atoms with van der Waals surface area (Å²) in [5, 5.41) is 0. The van der Waals surface area contributed by atoms with Gasteiger partial charge in [-0.1, -0.05) is 37.6 Å². The first-order chi connectivity index (χ1) is 7.48. The second-order valence-electron chi connectivity index (χ2n) is 4.69. The van der Waals surface area contributed by atoms with Crippen molar-refractivity contribution in [3.63, 3.8) is 0 Å². The summed E-state index contributed by atoms with van der Waals surface area (Å²) in [6.07, 6.45) is 2.30. The molecule has 0 aromatic heterocycles. The van der Waals surface area contributed by atoms with Crippen LogP contribution in [0.4, 0.5) is 8.78 Å². The third kappa shape index (κ3) is 2.09. The molecule has 2 N–H and O–H groups in total. The van der Waals surface area contributed by atoms with Crippen LogP contribution in [0.1, 0.15) is 43.7 Å². The first-order valence-corrected chi connectivity index (χ1v) is 5.76. The zero-order valence-corrected chi connectivity index (χ0v) is 9.47. The van der Waals surface area contributed by atoms with E-state index in [1.54, 1.807) is 19.1 Å². The van der Waals surface area contributed by atoms with Gasteiger partial charge in [0.15, 0.2) is 0 Å². The van der Waals surface area contributed by atoms with E-state index < -0.39 is 5.92 Å². The predicted molar refractivity (Wildman–Crippen MR) is 60.3 cm³/mol. The average Bonchev–Trinajstić information content (AvgIpc) is 2.98. The molecule has 1 aromatic rings. The summed E-state index contributed by atoms with van der Waals surface area (Å²) in [4.78, 5) is 0. The van der Waals surface area contributed by atoms with Gasteiger partial charge in [-0.05, 0) is 18.4 Å². The third-order valence-electron chi connectivity index (χ3n) is 3.23. The van der Waals surface area contributed by atoms with E-state index in [1.165, 1.54) is 12.1 Å². The molecule has 1 aliphatic rings. The van der Waals surface area contributed by atoms with Crippen LogP contribution < -0.4 is 5.73 Å². The monoisotopic (exact) mass is 225 g/mol. The Labute approximate surface area is 94.7 Å². The molecule has 0 amide bonds. The van der Waals surface area contributed by atoms with E-state index in [9.17, 15) is 8.78 Å². The van der Waals surface area contributed by atoms with Crippen LogP contribution in [-0.4, -0.2) is 0 Å². The molecular weight excluding hydrogens is 208 g/mol. The van der Waals surface area contributed by atoms with Crippen molar-refractivity contribution in [2.75, 3.05) is 0 Å². The highest BCUT2D eigenvalue weighted by Crippen LogP contribution is 2.43. The van der Waals surface area contributed by atoms with Crippen molar-refractivity contribution in [1.29, 1.82) is 0 Å². The maximum Gasteiger partial charge on any atom is 0.273 e. The molecule has 1 fully saturated rings. The van der Waals surface area contributed by atoms with Gasteiger partial charge in [0.1, 0.15) is 0 Å². The Kier molecular flexibility index (Phi) is 2.74. The standard InChI is InChI=1S/C13H17F2N/c1-2-7-13(14,15)11-5-3-10(4-6-11)12(16)8-9-12/h3-6H,2,7-9,16H2,1H3. The lowest BCUT2D eigenvalue weighted by molar-refractivity contribution is -0.0140. The quantitative estimate of drug-likeness (QED) is 0.833. The minimum atomic E-state index is -2.71. The minimum absolute atomic E-state index is 0.0971. The molecule has 0 heterocycles. The zero-order chi connectivity index (χ0) is 11.8. The Morgan fingerprint density at radius 1 is 1.25 bits per heavy atom. The molecule has 88 valence electrons. The summed E-state index contributed by atoms with van der Waals surface area (Å²) >= 11 is 0. The molecule has 0 atom stereocenters. The van der Waals surface area contributed by atoms with Gasteiger partial charge in [0.05, 0.1) is 0 Å². The van der Waals surface area contributed by atoms with Gasteiger partial charge in [0.2, 0.25) is 0 Å². The van der Waals surface area contributed by atoms with E-state index in [2.05, 4.69) is 0 Å². The Bertz CT molecular complexity index is 366. The first-order valence-electron chi connectivity index (χ1n) is 5.76. The fourth-order valence-corrected chi connectivity index (χ4v) is 1.93. The summed E-state index contributed by atoms with van der Waals surface area (Å²) in [5.41, 5.74) is 6.84. The lowest BCUT2D eigenvalue weighted by atomic mass is 9.99. The van der Waals surface area contributed by atoms with Gasteiger partial charge in [0.25, 0.3) is 5.92 Å². The maximum atomic E-state index is 13.6. The van der Waals surface area contributed by atoms with Crippen molar-refractivity contribution in [3.05, 3.63) is 35.4 Å². The topological polar surface area (TPSA) is 26.0 Å². The van der Waals surface area contributed by atoms with Gasteiger partial charge >= 0.3 is 0 Å². The average molecular weight is 225 g/mol. The number of hydrogen-bond acceptors (Lipinski definition) is 1. The minimum Gasteiger partial charge on any atom is -0.321 e. The van der Waals surface area contributed by atoms with E-state index in [1.807, 2.05) is 0 Å². The van der Waals surface area contributed by atoms with E-state index >= 15 is 0 Å². The van der Waals surface area contributed by atoms with Crippen LogP contribution in [0.3, 0.4) is 0 Å². The normalized spacial score (nSPS) is 18.5. The van der Waals surface area contributed by atoms with Crippen LogP contribution in [0, 0.1) is 0 Å². The number of hydrogen-bond donors (Lipinski definition) is 1. The smallest absolute Gasteiger partial charge is 0.273 e. The SMILES string of the molecule is CCCC(F)(F)c1ccc(C2(N)CC2)cc1. The van der Waals surface area contributed by atoms with Gasteiger partial charge < -0.3 is 5.73 Å². The Hall–Kier alpha value is -0.960. The second kappa shape index (κ2) is 3.81. The molecule has 3 heteroatoms. The molecule has 1 aromatic carbocycles. The predicted octanol–water partition coefficient (Wildman–Crippen LogP) is 3.53. The molecule has 1 nitrogen and oxygen atoms in total. The fraction of sp³-hybridized carbons (Fsp3) is 0.538. The molecule has 1 aliphatic carbocycles. The lowest BCUT2D eigenvalue weighted by Gasteiger charge is -2.17. The van der Waals surface area contributed by atoms with Crippen molar-refractivity contribution >= 4 is 0 Å². The lowest BCUT2D eigenvalue weighted by Crippen LogP contribution is -2.19. The van der Waals surface area contributed by atoms with Crippen molar-refractivity contribution < 1.29 is 8.78 Å². The van der Waals surface area contributed by atoms with Gasteiger partial charge in [-0.15, -0.1) is 0 Å².